The van der Waals surface area contributed by atoms with Crippen molar-refractivity contribution in [3.05, 3.63) is 29.5 Å². The van der Waals surface area contributed by atoms with Crippen LogP contribution in [0.25, 0.3) is 6.08 Å². The molecule has 0 aliphatic heterocycles. The molecule has 5 heteroatoms. The molecule has 0 aromatic heterocycles. The minimum Gasteiger partial charge on any atom is -0.504 e. The maximum atomic E-state index is 10.6. The van der Waals surface area contributed by atoms with Gasteiger partial charge in [0.15, 0.2) is 11.5 Å². The van der Waals surface area contributed by atoms with E-state index in [0.29, 0.717) is 5.56 Å². The standard InChI is InChI=1S/C10H10O5/c1-15-9(10(13)14)5-6-2-3-7(11)8(12)4-6/h2-5,11-12H,1H3,(H,13,14). The highest BCUT2D eigenvalue weighted by molar-refractivity contribution is 5.89. The van der Waals surface area contributed by atoms with Crippen molar-refractivity contribution in [3.63, 3.8) is 0 Å². The van der Waals surface area contributed by atoms with Crippen molar-refractivity contribution in [1.82, 2.24) is 0 Å². The predicted molar refractivity (Wildman–Crippen MR) is 52.4 cm³/mol. The Labute approximate surface area is 85.9 Å². The average Bonchev–Trinajstić information content (AvgIpc) is 2.19. The molecule has 0 radical (unpaired) electrons. The number of hydrogen-bond donors (Lipinski definition) is 3. The molecule has 80 valence electrons. The third kappa shape index (κ3) is 2.63. The van der Waals surface area contributed by atoms with Gasteiger partial charge in [-0.05, 0) is 23.8 Å². The summed E-state index contributed by atoms with van der Waals surface area (Å²) in [6.07, 6.45) is 1.24. The fraction of sp³-hybridized carbons (Fsp3) is 0.100. The topological polar surface area (TPSA) is 87.0 Å². The van der Waals surface area contributed by atoms with Gasteiger partial charge in [-0.1, -0.05) is 6.07 Å². The van der Waals surface area contributed by atoms with E-state index in [-0.39, 0.29) is 17.3 Å². The first-order valence-electron chi connectivity index (χ1n) is 4.05. The van der Waals surface area contributed by atoms with Gasteiger partial charge in [-0.25, -0.2) is 4.79 Å². The molecule has 1 aromatic rings. The third-order valence-corrected chi connectivity index (χ3v) is 1.73. The summed E-state index contributed by atoms with van der Waals surface area (Å²) < 4.78 is 4.60. The fourth-order valence-electron chi connectivity index (χ4n) is 0.990. The van der Waals surface area contributed by atoms with Gasteiger partial charge in [0.1, 0.15) is 0 Å². The molecule has 1 aromatic carbocycles. The van der Waals surface area contributed by atoms with Crippen LogP contribution in [0.4, 0.5) is 0 Å². The van der Waals surface area contributed by atoms with Gasteiger partial charge in [-0.15, -0.1) is 0 Å². The van der Waals surface area contributed by atoms with E-state index in [1.165, 1.54) is 31.4 Å². The Morgan fingerprint density at radius 2 is 2.00 bits per heavy atom. The Hall–Kier alpha value is -2.17. The Morgan fingerprint density at radius 1 is 1.33 bits per heavy atom. The molecule has 0 atom stereocenters. The van der Waals surface area contributed by atoms with Crippen LogP contribution in [0, 0.1) is 0 Å². The van der Waals surface area contributed by atoms with Gasteiger partial charge in [0, 0.05) is 0 Å². The van der Waals surface area contributed by atoms with Crippen molar-refractivity contribution in [1.29, 1.82) is 0 Å². The molecule has 0 unspecified atom stereocenters. The van der Waals surface area contributed by atoms with Crippen molar-refractivity contribution < 1.29 is 24.9 Å². The Balaban J connectivity index is 3.07. The number of phenols is 2. The maximum Gasteiger partial charge on any atom is 0.371 e. The lowest BCUT2D eigenvalue weighted by molar-refractivity contribution is -0.135. The average molecular weight is 210 g/mol. The van der Waals surface area contributed by atoms with Gasteiger partial charge in [0.25, 0.3) is 0 Å². The molecular weight excluding hydrogens is 200 g/mol. The van der Waals surface area contributed by atoms with Gasteiger partial charge in [-0.2, -0.15) is 0 Å². The van der Waals surface area contributed by atoms with Crippen molar-refractivity contribution in [2.75, 3.05) is 7.11 Å². The molecular formula is C10H10O5. The summed E-state index contributed by atoms with van der Waals surface area (Å²) in [5.74, 6) is -2.03. The van der Waals surface area contributed by atoms with Crippen LogP contribution in [-0.2, 0) is 9.53 Å². The van der Waals surface area contributed by atoms with E-state index in [1.54, 1.807) is 0 Å². The number of methoxy groups -OCH3 is 1. The normalized spacial score (nSPS) is 11.1. The highest BCUT2D eigenvalue weighted by atomic mass is 16.5. The van der Waals surface area contributed by atoms with Crippen LogP contribution in [0.5, 0.6) is 11.5 Å². The van der Waals surface area contributed by atoms with Crippen molar-refractivity contribution in [3.8, 4) is 11.5 Å². The summed E-state index contributed by atoms with van der Waals surface area (Å²) >= 11 is 0. The molecule has 3 N–H and O–H groups in total. The first kappa shape index (κ1) is 10.9. The second-order valence-corrected chi connectivity index (χ2v) is 2.77. The summed E-state index contributed by atoms with van der Waals surface area (Å²) in [6.45, 7) is 0. The van der Waals surface area contributed by atoms with Gasteiger partial charge >= 0.3 is 5.97 Å². The minimum atomic E-state index is -1.20. The lowest BCUT2D eigenvalue weighted by atomic mass is 10.2. The van der Waals surface area contributed by atoms with Crippen molar-refractivity contribution in [2.45, 2.75) is 0 Å². The van der Waals surface area contributed by atoms with Crippen LogP contribution >= 0.6 is 0 Å². The predicted octanol–water partition coefficient (Wildman–Crippen LogP) is 1.17. The number of benzene rings is 1. The molecule has 0 saturated carbocycles. The van der Waals surface area contributed by atoms with Gasteiger partial charge in [0.2, 0.25) is 5.76 Å². The molecule has 0 bridgehead atoms. The van der Waals surface area contributed by atoms with Crippen LogP contribution in [0.3, 0.4) is 0 Å². The molecule has 0 amide bonds. The minimum absolute atomic E-state index is 0.250. The zero-order chi connectivity index (χ0) is 11.4. The number of ether oxygens (including phenoxy) is 1. The quantitative estimate of drug-likeness (QED) is 0.396. The second kappa shape index (κ2) is 4.36. The Bertz CT molecular complexity index is 408. The van der Waals surface area contributed by atoms with Crippen LogP contribution < -0.4 is 0 Å². The molecule has 0 saturated heterocycles. The Morgan fingerprint density at radius 3 is 2.47 bits per heavy atom. The number of carbonyl (C=O) groups is 1. The van der Waals surface area contributed by atoms with E-state index in [4.69, 9.17) is 15.3 Å². The molecule has 0 aliphatic carbocycles. The number of aromatic hydroxyl groups is 2. The number of rotatable bonds is 3. The lowest BCUT2D eigenvalue weighted by Crippen LogP contribution is -2.01. The highest BCUT2D eigenvalue weighted by Crippen LogP contribution is 2.25. The summed E-state index contributed by atoms with van der Waals surface area (Å²) in [5.41, 5.74) is 0.421. The van der Waals surface area contributed by atoms with Crippen molar-refractivity contribution in [2.24, 2.45) is 0 Å². The summed E-state index contributed by atoms with van der Waals surface area (Å²) in [6, 6.07) is 3.95. The Kier molecular flexibility index (Phi) is 3.17. The monoisotopic (exact) mass is 210 g/mol. The molecule has 5 nitrogen and oxygen atoms in total. The summed E-state index contributed by atoms with van der Waals surface area (Å²) in [5, 5.41) is 26.8. The lowest BCUT2D eigenvalue weighted by Gasteiger charge is -2.01. The molecule has 15 heavy (non-hydrogen) atoms. The molecule has 0 fully saturated rings. The van der Waals surface area contributed by atoms with E-state index >= 15 is 0 Å². The first-order chi connectivity index (χ1) is 7.04. The van der Waals surface area contributed by atoms with Crippen LogP contribution in [0.15, 0.2) is 24.0 Å². The number of carboxylic acids is 1. The highest BCUT2D eigenvalue weighted by Gasteiger charge is 2.07. The largest absolute Gasteiger partial charge is 0.504 e. The number of carboxylic acid groups (broad SMARTS) is 1. The van der Waals surface area contributed by atoms with Gasteiger partial charge in [-0.3, -0.25) is 0 Å². The zero-order valence-corrected chi connectivity index (χ0v) is 7.97. The summed E-state index contributed by atoms with van der Waals surface area (Å²) in [4.78, 5) is 10.6. The third-order valence-electron chi connectivity index (χ3n) is 1.73. The second-order valence-electron chi connectivity index (χ2n) is 2.77. The zero-order valence-electron chi connectivity index (χ0n) is 7.97. The maximum absolute atomic E-state index is 10.6. The summed E-state index contributed by atoms with van der Waals surface area (Å²) in [7, 11) is 1.24. The molecule has 0 aliphatic rings. The van der Waals surface area contributed by atoms with E-state index in [9.17, 15) is 4.79 Å². The van der Waals surface area contributed by atoms with E-state index in [2.05, 4.69) is 4.74 Å². The number of hydrogen-bond acceptors (Lipinski definition) is 4. The smallest absolute Gasteiger partial charge is 0.371 e. The van der Waals surface area contributed by atoms with Crippen LogP contribution in [0.2, 0.25) is 0 Å². The first-order valence-corrected chi connectivity index (χ1v) is 4.05. The number of phenolic OH excluding ortho intramolecular Hbond substituents is 2. The van der Waals surface area contributed by atoms with Crippen LogP contribution in [0.1, 0.15) is 5.56 Å². The van der Waals surface area contributed by atoms with E-state index < -0.39 is 5.97 Å². The van der Waals surface area contributed by atoms with Crippen molar-refractivity contribution >= 4 is 12.0 Å². The molecule has 0 spiro atoms. The van der Waals surface area contributed by atoms with Crippen LogP contribution in [-0.4, -0.2) is 28.4 Å². The molecule has 1 rings (SSSR count). The fourth-order valence-corrected chi connectivity index (χ4v) is 0.990. The molecule has 0 heterocycles. The SMILES string of the molecule is COC(=Cc1ccc(O)c(O)c1)C(=O)O. The van der Waals surface area contributed by atoms with E-state index in [1.807, 2.05) is 0 Å². The number of aliphatic carboxylic acids is 1. The van der Waals surface area contributed by atoms with Gasteiger partial charge in [0.05, 0.1) is 7.11 Å². The van der Waals surface area contributed by atoms with E-state index in [0.717, 1.165) is 0 Å². The van der Waals surface area contributed by atoms with Gasteiger partial charge < -0.3 is 20.1 Å².